The summed E-state index contributed by atoms with van der Waals surface area (Å²) in [7, 11) is 0. The maximum atomic E-state index is 12.5. The van der Waals surface area contributed by atoms with Crippen LogP contribution in [0, 0.1) is 20.8 Å². The first-order valence-electron chi connectivity index (χ1n) is 7.47. The second kappa shape index (κ2) is 6.12. The van der Waals surface area contributed by atoms with Crippen molar-refractivity contribution in [2.45, 2.75) is 27.3 Å². The van der Waals surface area contributed by atoms with Crippen LogP contribution in [-0.4, -0.2) is 15.5 Å². The van der Waals surface area contributed by atoms with E-state index in [0.29, 0.717) is 17.9 Å². The van der Waals surface area contributed by atoms with Crippen LogP contribution in [0.25, 0.3) is 0 Å². The van der Waals surface area contributed by atoms with Gasteiger partial charge in [-0.15, -0.1) is 0 Å². The summed E-state index contributed by atoms with van der Waals surface area (Å²) in [6.07, 6.45) is 3.38. The Morgan fingerprint density at radius 2 is 2.09 bits per heavy atom. The zero-order chi connectivity index (χ0) is 16.4. The minimum Gasteiger partial charge on any atom is -0.467 e. The van der Waals surface area contributed by atoms with Crippen molar-refractivity contribution in [3.63, 3.8) is 0 Å². The lowest BCUT2D eigenvalue weighted by Crippen LogP contribution is -2.14. The lowest BCUT2D eigenvalue weighted by atomic mass is 10.2. The smallest absolute Gasteiger partial charge is 0.258 e. The lowest BCUT2D eigenvalue weighted by molar-refractivity contribution is 0.102. The zero-order valence-corrected chi connectivity index (χ0v) is 13.5. The summed E-state index contributed by atoms with van der Waals surface area (Å²) in [5.41, 5.74) is 3.63. The van der Waals surface area contributed by atoms with Gasteiger partial charge in [-0.3, -0.25) is 4.79 Å². The van der Waals surface area contributed by atoms with E-state index in [2.05, 4.69) is 14.9 Å². The number of pyridine rings is 1. The van der Waals surface area contributed by atoms with E-state index >= 15 is 0 Å². The van der Waals surface area contributed by atoms with Gasteiger partial charge in [0.15, 0.2) is 0 Å². The Labute approximate surface area is 135 Å². The number of carbonyl (C=O) groups is 1. The van der Waals surface area contributed by atoms with E-state index in [1.165, 1.54) is 0 Å². The van der Waals surface area contributed by atoms with Crippen LogP contribution in [0.4, 0.5) is 5.82 Å². The number of aromatic nitrogens is 2. The minimum atomic E-state index is -0.153. The van der Waals surface area contributed by atoms with Crippen LogP contribution in [0.5, 0.6) is 0 Å². The number of carbonyl (C=O) groups excluding carboxylic acids is 1. The van der Waals surface area contributed by atoms with Gasteiger partial charge < -0.3 is 14.3 Å². The van der Waals surface area contributed by atoms with Gasteiger partial charge in [0.05, 0.1) is 18.4 Å². The van der Waals surface area contributed by atoms with E-state index in [9.17, 15) is 4.79 Å². The van der Waals surface area contributed by atoms with Crippen LogP contribution in [-0.2, 0) is 6.54 Å². The molecule has 23 heavy (non-hydrogen) atoms. The van der Waals surface area contributed by atoms with Crippen LogP contribution >= 0.6 is 0 Å². The van der Waals surface area contributed by atoms with E-state index in [1.807, 2.05) is 45.0 Å². The average molecular weight is 309 g/mol. The van der Waals surface area contributed by atoms with Crippen molar-refractivity contribution in [1.82, 2.24) is 9.55 Å². The predicted octanol–water partition coefficient (Wildman–Crippen LogP) is 3.70. The third-order valence-corrected chi connectivity index (χ3v) is 3.87. The molecular formula is C18H19N3O2. The van der Waals surface area contributed by atoms with Gasteiger partial charge in [0, 0.05) is 17.6 Å². The SMILES string of the molecule is Cc1ccc(NC(=O)c2cc(C)n(Cc3ccco3)c2C)nc1. The maximum Gasteiger partial charge on any atom is 0.258 e. The molecule has 0 aromatic carbocycles. The first-order valence-corrected chi connectivity index (χ1v) is 7.47. The molecule has 0 aliphatic rings. The summed E-state index contributed by atoms with van der Waals surface area (Å²) in [5.74, 6) is 1.26. The number of furan rings is 1. The molecule has 0 aliphatic carbocycles. The van der Waals surface area contributed by atoms with Crippen LogP contribution in [0.2, 0.25) is 0 Å². The highest BCUT2D eigenvalue weighted by Crippen LogP contribution is 2.18. The molecule has 3 aromatic rings. The standard InChI is InChI=1S/C18H19N3O2/c1-12-6-7-17(19-10-12)20-18(22)16-9-13(2)21(14(16)3)11-15-5-4-8-23-15/h4-10H,11H2,1-3H3,(H,19,20,22). The third-order valence-electron chi connectivity index (χ3n) is 3.87. The number of rotatable bonds is 4. The third kappa shape index (κ3) is 3.18. The van der Waals surface area contributed by atoms with Gasteiger partial charge in [0.1, 0.15) is 11.6 Å². The van der Waals surface area contributed by atoms with Gasteiger partial charge >= 0.3 is 0 Å². The molecule has 3 rings (SSSR count). The Balaban J connectivity index is 1.82. The summed E-state index contributed by atoms with van der Waals surface area (Å²) in [5, 5.41) is 2.84. The molecule has 0 atom stereocenters. The van der Waals surface area contributed by atoms with Crippen molar-refractivity contribution in [3.05, 3.63) is 71.1 Å². The maximum absolute atomic E-state index is 12.5. The molecule has 1 amide bonds. The van der Waals surface area contributed by atoms with E-state index in [-0.39, 0.29) is 5.91 Å². The fraction of sp³-hybridized carbons (Fsp3) is 0.222. The molecule has 5 heteroatoms. The highest BCUT2D eigenvalue weighted by molar-refractivity contribution is 6.04. The van der Waals surface area contributed by atoms with Crippen LogP contribution in [0.1, 0.15) is 33.1 Å². The summed E-state index contributed by atoms with van der Waals surface area (Å²) in [6.45, 7) is 6.49. The van der Waals surface area contributed by atoms with Crippen LogP contribution < -0.4 is 5.32 Å². The zero-order valence-electron chi connectivity index (χ0n) is 13.5. The predicted molar refractivity (Wildman–Crippen MR) is 88.6 cm³/mol. The first kappa shape index (κ1) is 15.1. The molecule has 0 radical (unpaired) electrons. The topological polar surface area (TPSA) is 60.1 Å². The van der Waals surface area contributed by atoms with Gasteiger partial charge in [-0.05, 0) is 50.6 Å². The largest absolute Gasteiger partial charge is 0.467 e. The van der Waals surface area contributed by atoms with Gasteiger partial charge in [-0.1, -0.05) is 6.07 Å². The van der Waals surface area contributed by atoms with Crippen molar-refractivity contribution in [2.75, 3.05) is 5.32 Å². The van der Waals surface area contributed by atoms with Gasteiger partial charge in [0.2, 0.25) is 0 Å². The molecule has 0 saturated carbocycles. The number of amides is 1. The minimum absolute atomic E-state index is 0.153. The molecule has 0 fully saturated rings. The van der Waals surface area contributed by atoms with E-state index < -0.39 is 0 Å². The second-order valence-electron chi connectivity index (χ2n) is 5.63. The summed E-state index contributed by atoms with van der Waals surface area (Å²) < 4.78 is 7.46. The molecule has 3 aromatic heterocycles. The number of aryl methyl sites for hydroxylation is 2. The van der Waals surface area contributed by atoms with E-state index in [1.54, 1.807) is 18.5 Å². The molecular weight excluding hydrogens is 290 g/mol. The highest BCUT2D eigenvalue weighted by Gasteiger charge is 2.16. The molecule has 0 bridgehead atoms. The number of nitrogens with one attached hydrogen (secondary N) is 1. The Bertz CT molecular complexity index is 815. The molecule has 0 saturated heterocycles. The monoisotopic (exact) mass is 309 g/mol. The molecule has 1 N–H and O–H groups in total. The first-order chi connectivity index (χ1) is 11.0. The normalized spacial score (nSPS) is 10.7. The van der Waals surface area contributed by atoms with Crippen molar-refractivity contribution < 1.29 is 9.21 Å². The Kier molecular flexibility index (Phi) is 4.02. The highest BCUT2D eigenvalue weighted by atomic mass is 16.3. The Hall–Kier alpha value is -2.82. The molecule has 0 aliphatic heterocycles. The fourth-order valence-electron chi connectivity index (χ4n) is 2.56. The van der Waals surface area contributed by atoms with Crippen LogP contribution in [0.15, 0.2) is 47.2 Å². The summed E-state index contributed by atoms with van der Waals surface area (Å²) in [4.78, 5) is 16.7. The Morgan fingerprint density at radius 1 is 1.26 bits per heavy atom. The number of hydrogen-bond acceptors (Lipinski definition) is 3. The molecule has 0 unspecified atom stereocenters. The number of anilines is 1. The van der Waals surface area contributed by atoms with Crippen molar-refractivity contribution in [2.24, 2.45) is 0 Å². The van der Waals surface area contributed by atoms with E-state index in [4.69, 9.17) is 4.42 Å². The van der Waals surface area contributed by atoms with Crippen molar-refractivity contribution in [3.8, 4) is 0 Å². The average Bonchev–Trinajstić information content (AvgIpc) is 3.13. The van der Waals surface area contributed by atoms with Gasteiger partial charge in [-0.2, -0.15) is 0 Å². The second-order valence-corrected chi connectivity index (χ2v) is 5.63. The number of hydrogen-bond donors (Lipinski definition) is 1. The van der Waals surface area contributed by atoms with Gasteiger partial charge in [0.25, 0.3) is 5.91 Å². The van der Waals surface area contributed by atoms with Crippen molar-refractivity contribution in [1.29, 1.82) is 0 Å². The molecule has 0 spiro atoms. The van der Waals surface area contributed by atoms with Crippen molar-refractivity contribution >= 4 is 11.7 Å². The van der Waals surface area contributed by atoms with E-state index in [0.717, 1.165) is 22.7 Å². The van der Waals surface area contributed by atoms with Crippen LogP contribution in [0.3, 0.4) is 0 Å². The van der Waals surface area contributed by atoms with Gasteiger partial charge in [-0.25, -0.2) is 4.98 Å². The Morgan fingerprint density at radius 3 is 2.74 bits per heavy atom. The quantitative estimate of drug-likeness (QED) is 0.799. The molecule has 118 valence electrons. The lowest BCUT2D eigenvalue weighted by Gasteiger charge is -2.08. The molecule has 5 nitrogen and oxygen atoms in total. The summed E-state index contributed by atoms with van der Waals surface area (Å²) >= 11 is 0. The fourth-order valence-corrected chi connectivity index (χ4v) is 2.56. The molecule has 3 heterocycles. The summed E-state index contributed by atoms with van der Waals surface area (Å²) in [6, 6.07) is 9.40. The number of nitrogens with zero attached hydrogens (tertiary/aromatic N) is 2.